The average Bonchev–Trinajstić information content (AvgIpc) is 3.72. The molecule has 1 N–H and O–H groups in total. The van der Waals surface area contributed by atoms with Crippen LogP contribution in [0, 0.1) is 24.2 Å². The minimum absolute atomic E-state index is 0.0373. The lowest BCUT2D eigenvalue weighted by Gasteiger charge is -2.40. The summed E-state index contributed by atoms with van der Waals surface area (Å²) in [6.45, 7) is 7.01. The van der Waals surface area contributed by atoms with Gasteiger partial charge in [0.25, 0.3) is 11.5 Å². The highest BCUT2D eigenvalue weighted by atomic mass is 19.3. The van der Waals surface area contributed by atoms with E-state index in [0.717, 1.165) is 50.9 Å². The van der Waals surface area contributed by atoms with Crippen LogP contribution in [0.2, 0.25) is 0 Å². The average molecular weight is 561 g/mol. The Balaban J connectivity index is 1.41. The zero-order chi connectivity index (χ0) is 28.8. The lowest BCUT2D eigenvalue weighted by molar-refractivity contribution is -0.0291. The largest absolute Gasteiger partial charge is 0.363 e. The van der Waals surface area contributed by atoms with Crippen LogP contribution in [0.3, 0.4) is 0 Å². The quantitative estimate of drug-likeness (QED) is 0.381. The summed E-state index contributed by atoms with van der Waals surface area (Å²) < 4.78 is 32.4. The molecule has 5 heterocycles. The molecule has 41 heavy (non-hydrogen) atoms. The van der Waals surface area contributed by atoms with E-state index in [1.807, 2.05) is 13.0 Å². The standard InChI is InChI=1S/C32H38F2N6O/c1-21-24-8-7-9-25(16-24)32(33,34)11-10-23-18-39(19-23)14-5-3-4-6-15-40-29-26(28(36-21)37-22(2)38-29)17-27(30(40)41)31(20-35)12-13-31/h7-9,16-17,21,23H,3-6,10-15,18-19H2,1-2H3,(H,36,37,38)/t21-/m1/s1. The Morgan fingerprint density at radius 2 is 1.80 bits per heavy atom. The van der Waals surface area contributed by atoms with E-state index >= 15 is 8.78 Å². The predicted molar refractivity (Wildman–Crippen MR) is 155 cm³/mol. The molecule has 0 radical (unpaired) electrons. The van der Waals surface area contributed by atoms with Crippen LogP contribution in [0.5, 0.6) is 0 Å². The van der Waals surface area contributed by atoms with Crippen molar-refractivity contribution in [2.75, 3.05) is 25.0 Å². The number of alkyl halides is 2. The number of anilines is 1. The lowest BCUT2D eigenvalue weighted by Crippen LogP contribution is -2.47. The van der Waals surface area contributed by atoms with Crippen molar-refractivity contribution in [1.29, 1.82) is 5.26 Å². The second kappa shape index (κ2) is 10.8. The molecular formula is C32H38F2N6O. The topological polar surface area (TPSA) is 86.8 Å². The molecule has 7 rings (SSSR count). The Labute approximate surface area is 239 Å². The van der Waals surface area contributed by atoms with E-state index in [4.69, 9.17) is 0 Å². The van der Waals surface area contributed by atoms with Gasteiger partial charge in [0.15, 0.2) is 0 Å². The van der Waals surface area contributed by atoms with Crippen molar-refractivity contribution in [3.05, 3.63) is 63.2 Å². The van der Waals surface area contributed by atoms with Crippen molar-refractivity contribution < 1.29 is 8.78 Å². The first kappa shape index (κ1) is 27.8. The van der Waals surface area contributed by atoms with Crippen LogP contribution in [-0.2, 0) is 17.9 Å². The smallest absolute Gasteiger partial charge is 0.273 e. The highest BCUT2D eigenvalue weighted by molar-refractivity contribution is 5.88. The molecule has 4 aliphatic rings. The first-order chi connectivity index (χ1) is 19.7. The normalized spacial score (nSPS) is 25.8. The molecule has 1 saturated carbocycles. The molecule has 9 heteroatoms. The monoisotopic (exact) mass is 560 g/mol. The second-order valence-electron chi connectivity index (χ2n) is 12.3. The number of nitrogens with one attached hydrogen (secondary N) is 1. The molecule has 1 saturated heterocycles. The van der Waals surface area contributed by atoms with Crippen LogP contribution in [0.15, 0.2) is 35.1 Å². The Hall–Kier alpha value is -3.38. The van der Waals surface area contributed by atoms with Crippen molar-refractivity contribution in [2.45, 2.75) is 89.1 Å². The van der Waals surface area contributed by atoms with Gasteiger partial charge in [0.05, 0.1) is 16.9 Å². The number of pyridine rings is 1. The number of nitriles is 1. The van der Waals surface area contributed by atoms with Gasteiger partial charge in [0.1, 0.15) is 17.3 Å². The van der Waals surface area contributed by atoms with Crippen LogP contribution in [0.1, 0.15) is 86.8 Å². The molecule has 1 aliphatic carbocycles. The number of aromatic nitrogens is 3. The van der Waals surface area contributed by atoms with E-state index in [0.29, 0.717) is 60.0 Å². The molecule has 2 aromatic heterocycles. The number of nitrogens with zero attached hydrogens (tertiary/aromatic N) is 5. The molecule has 0 amide bonds. The van der Waals surface area contributed by atoms with Crippen LogP contribution in [0.25, 0.3) is 11.0 Å². The molecule has 2 fully saturated rings. The van der Waals surface area contributed by atoms with Gasteiger partial charge in [-0.3, -0.25) is 9.36 Å². The minimum atomic E-state index is -2.89. The summed E-state index contributed by atoms with van der Waals surface area (Å²) in [6, 6.07) is 10.5. The van der Waals surface area contributed by atoms with Gasteiger partial charge in [-0.25, -0.2) is 18.7 Å². The molecule has 3 aliphatic heterocycles. The maximum Gasteiger partial charge on any atom is 0.273 e. The SMILES string of the molecule is Cc1nc2c3cc(C4(C#N)CC4)c(=O)n(c3n1)CCCCCCN1CC(CCC(F)(F)c3cccc(c3)[C@@H](C)N2)C1. The highest BCUT2D eigenvalue weighted by Crippen LogP contribution is 2.47. The predicted octanol–water partition coefficient (Wildman–Crippen LogP) is 6.21. The Bertz CT molecular complexity index is 1550. The number of benzene rings is 1. The maximum atomic E-state index is 15.3. The third-order valence-corrected chi connectivity index (χ3v) is 9.20. The third kappa shape index (κ3) is 5.46. The van der Waals surface area contributed by atoms with Crippen molar-refractivity contribution in [2.24, 2.45) is 5.92 Å². The van der Waals surface area contributed by atoms with E-state index in [1.54, 1.807) is 29.7 Å². The molecule has 1 atom stereocenters. The van der Waals surface area contributed by atoms with Gasteiger partial charge in [-0.1, -0.05) is 31.0 Å². The summed E-state index contributed by atoms with van der Waals surface area (Å²) in [4.78, 5) is 25.5. The Kier molecular flexibility index (Phi) is 7.31. The maximum absolute atomic E-state index is 15.3. The fourth-order valence-corrected chi connectivity index (χ4v) is 6.43. The van der Waals surface area contributed by atoms with Crippen LogP contribution in [-0.4, -0.2) is 39.1 Å². The van der Waals surface area contributed by atoms with Gasteiger partial charge in [0.2, 0.25) is 0 Å². The zero-order valence-corrected chi connectivity index (χ0v) is 23.9. The lowest BCUT2D eigenvalue weighted by atomic mass is 9.90. The number of aryl methyl sites for hydroxylation is 2. The summed E-state index contributed by atoms with van der Waals surface area (Å²) in [5.74, 6) is -1.51. The zero-order valence-electron chi connectivity index (χ0n) is 23.9. The van der Waals surface area contributed by atoms with Gasteiger partial charge in [0, 0.05) is 43.2 Å². The van der Waals surface area contributed by atoms with Crippen molar-refractivity contribution in [3.8, 4) is 6.07 Å². The summed E-state index contributed by atoms with van der Waals surface area (Å²) >= 11 is 0. The van der Waals surface area contributed by atoms with Gasteiger partial charge in [-0.15, -0.1) is 0 Å². The van der Waals surface area contributed by atoms with E-state index in [9.17, 15) is 10.1 Å². The Morgan fingerprint density at radius 3 is 2.54 bits per heavy atom. The third-order valence-electron chi connectivity index (χ3n) is 9.20. The first-order valence-electron chi connectivity index (χ1n) is 15.0. The summed E-state index contributed by atoms with van der Waals surface area (Å²) in [7, 11) is 0. The van der Waals surface area contributed by atoms with Crippen LogP contribution < -0.4 is 10.9 Å². The molecule has 0 unspecified atom stereocenters. The summed E-state index contributed by atoms with van der Waals surface area (Å²) in [6.07, 6.45) is 5.61. The van der Waals surface area contributed by atoms with Crippen molar-refractivity contribution in [1.82, 2.24) is 19.4 Å². The van der Waals surface area contributed by atoms with Gasteiger partial charge in [-0.2, -0.15) is 5.26 Å². The summed E-state index contributed by atoms with van der Waals surface area (Å²) in [5.41, 5.74) is 0.915. The first-order valence-corrected chi connectivity index (χ1v) is 15.0. The molecule has 8 bridgehead atoms. The van der Waals surface area contributed by atoms with E-state index in [-0.39, 0.29) is 23.6 Å². The van der Waals surface area contributed by atoms with Gasteiger partial charge in [-0.05, 0) is 76.1 Å². The Morgan fingerprint density at radius 1 is 1.05 bits per heavy atom. The summed E-state index contributed by atoms with van der Waals surface area (Å²) in [5, 5.41) is 14.1. The van der Waals surface area contributed by atoms with Gasteiger partial charge < -0.3 is 10.2 Å². The fraction of sp³-hybridized carbons (Fsp3) is 0.562. The molecule has 3 aromatic rings. The molecular weight excluding hydrogens is 522 g/mol. The highest BCUT2D eigenvalue weighted by Gasteiger charge is 2.47. The molecule has 7 nitrogen and oxygen atoms in total. The fourth-order valence-electron chi connectivity index (χ4n) is 6.43. The minimum Gasteiger partial charge on any atom is -0.363 e. The molecule has 216 valence electrons. The number of hydrogen-bond acceptors (Lipinski definition) is 6. The van der Waals surface area contributed by atoms with Crippen molar-refractivity contribution >= 4 is 16.9 Å². The second-order valence-corrected chi connectivity index (χ2v) is 12.3. The number of fused-ring (bicyclic) bond motifs is 8. The molecule has 0 spiro atoms. The van der Waals surface area contributed by atoms with E-state index in [1.165, 1.54) is 6.07 Å². The van der Waals surface area contributed by atoms with Crippen LogP contribution >= 0.6 is 0 Å². The number of halogens is 2. The van der Waals surface area contributed by atoms with E-state index < -0.39 is 11.3 Å². The number of hydrogen-bond donors (Lipinski definition) is 1. The van der Waals surface area contributed by atoms with Crippen molar-refractivity contribution in [3.63, 3.8) is 0 Å². The number of rotatable bonds is 1. The van der Waals surface area contributed by atoms with Crippen LogP contribution in [0.4, 0.5) is 14.6 Å². The van der Waals surface area contributed by atoms with Gasteiger partial charge >= 0.3 is 0 Å². The van der Waals surface area contributed by atoms with E-state index in [2.05, 4.69) is 26.3 Å². The molecule has 1 aromatic carbocycles.